The van der Waals surface area contributed by atoms with E-state index < -0.39 is 11.7 Å². The number of hydrogen-bond donors (Lipinski definition) is 1. The Morgan fingerprint density at radius 2 is 1.85 bits per heavy atom. The van der Waals surface area contributed by atoms with Gasteiger partial charge in [0, 0.05) is 18.7 Å². The lowest BCUT2D eigenvalue weighted by Gasteiger charge is -2.17. The third-order valence-corrected chi connectivity index (χ3v) is 4.38. The zero-order valence-corrected chi connectivity index (χ0v) is 14.0. The molecule has 1 saturated heterocycles. The van der Waals surface area contributed by atoms with E-state index in [9.17, 15) is 18.0 Å². The predicted octanol–water partition coefficient (Wildman–Crippen LogP) is 3.92. The van der Waals surface area contributed by atoms with Crippen molar-refractivity contribution in [1.82, 2.24) is 4.90 Å². The summed E-state index contributed by atoms with van der Waals surface area (Å²) in [6.45, 7) is 1.82. The van der Waals surface area contributed by atoms with Crippen LogP contribution in [0.5, 0.6) is 11.5 Å². The summed E-state index contributed by atoms with van der Waals surface area (Å²) in [7, 11) is 0. The van der Waals surface area contributed by atoms with E-state index in [-0.39, 0.29) is 11.7 Å². The van der Waals surface area contributed by atoms with Crippen LogP contribution >= 0.6 is 0 Å². The van der Waals surface area contributed by atoms with Gasteiger partial charge in [0.15, 0.2) is 0 Å². The van der Waals surface area contributed by atoms with Crippen molar-refractivity contribution in [3.8, 4) is 11.5 Å². The molecule has 1 aliphatic heterocycles. The Kier molecular flexibility index (Phi) is 5.18. The summed E-state index contributed by atoms with van der Waals surface area (Å²) < 4.78 is 43.9. The molecule has 7 heteroatoms. The summed E-state index contributed by atoms with van der Waals surface area (Å²) in [5.41, 5.74) is 5.30. The number of ether oxygens (including phenoxy) is 1. The molecule has 1 amide bonds. The van der Waals surface area contributed by atoms with Gasteiger partial charge in [-0.25, -0.2) is 0 Å². The van der Waals surface area contributed by atoms with Crippen molar-refractivity contribution in [2.24, 2.45) is 11.7 Å². The third-order valence-electron chi connectivity index (χ3n) is 4.38. The van der Waals surface area contributed by atoms with Gasteiger partial charge in [0.25, 0.3) is 5.91 Å². The molecule has 0 aliphatic carbocycles. The minimum absolute atomic E-state index is 0.0637. The van der Waals surface area contributed by atoms with Gasteiger partial charge in [0.2, 0.25) is 0 Å². The SMILES string of the molecule is NC[C@H]1CCN(C(=O)c2cccc(Oc3cccc(C(F)(F)F)c3)c2)C1. The van der Waals surface area contributed by atoms with Crippen molar-refractivity contribution < 1.29 is 22.7 Å². The number of carbonyl (C=O) groups excluding carboxylic acids is 1. The van der Waals surface area contributed by atoms with Crippen molar-refractivity contribution in [2.45, 2.75) is 12.6 Å². The highest BCUT2D eigenvalue weighted by Crippen LogP contribution is 2.33. The second-order valence-electron chi connectivity index (χ2n) is 6.30. The van der Waals surface area contributed by atoms with E-state index in [0.29, 0.717) is 36.9 Å². The lowest BCUT2D eigenvalue weighted by molar-refractivity contribution is -0.137. The highest BCUT2D eigenvalue weighted by Gasteiger charge is 2.30. The predicted molar refractivity (Wildman–Crippen MR) is 91.0 cm³/mol. The fourth-order valence-electron chi connectivity index (χ4n) is 2.96. The molecular formula is C19H19F3N2O2. The molecule has 2 N–H and O–H groups in total. The van der Waals surface area contributed by atoms with E-state index in [1.807, 2.05) is 0 Å². The Bertz CT molecular complexity index is 792. The molecule has 26 heavy (non-hydrogen) atoms. The maximum atomic E-state index is 12.8. The van der Waals surface area contributed by atoms with Gasteiger partial charge in [-0.15, -0.1) is 0 Å². The number of amides is 1. The van der Waals surface area contributed by atoms with Gasteiger partial charge in [-0.1, -0.05) is 12.1 Å². The van der Waals surface area contributed by atoms with Crippen molar-refractivity contribution >= 4 is 5.91 Å². The van der Waals surface area contributed by atoms with E-state index in [0.717, 1.165) is 18.6 Å². The average Bonchev–Trinajstić information content (AvgIpc) is 3.10. The van der Waals surface area contributed by atoms with E-state index >= 15 is 0 Å². The molecule has 1 aliphatic rings. The average molecular weight is 364 g/mol. The molecule has 0 saturated carbocycles. The van der Waals surface area contributed by atoms with Crippen LogP contribution in [0.1, 0.15) is 22.3 Å². The number of likely N-dealkylation sites (tertiary alicyclic amines) is 1. The molecule has 138 valence electrons. The highest BCUT2D eigenvalue weighted by molar-refractivity contribution is 5.94. The molecule has 0 aromatic heterocycles. The van der Waals surface area contributed by atoms with Crippen LogP contribution < -0.4 is 10.5 Å². The van der Waals surface area contributed by atoms with Gasteiger partial charge in [0.05, 0.1) is 5.56 Å². The number of benzene rings is 2. The van der Waals surface area contributed by atoms with Crippen LogP contribution in [0.15, 0.2) is 48.5 Å². The van der Waals surface area contributed by atoms with Crippen LogP contribution in [-0.2, 0) is 6.18 Å². The fourth-order valence-corrected chi connectivity index (χ4v) is 2.96. The first-order valence-electron chi connectivity index (χ1n) is 8.31. The molecule has 0 bridgehead atoms. The Morgan fingerprint density at radius 3 is 2.50 bits per heavy atom. The Morgan fingerprint density at radius 1 is 1.15 bits per heavy atom. The first-order valence-corrected chi connectivity index (χ1v) is 8.31. The molecule has 0 spiro atoms. The largest absolute Gasteiger partial charge is 0.457 e. The Balaban J connectivity index is 1.75. The summed E-state index contributed by atoms with van der Waals surface area (Å²) in [6.07, 6.45) is -3.56. The number of hydrogen-bond acceptors (Lipinski definition) is 3. The molecule has 0 unspecified atom stereocenters. The molecule has 2 aromatic carbocycles. The number of alkyl halides is 3. The Labute approximate surface area is 149 Å². The van der Waals surface area contributed by atoms with Crippen LogP contribution in [0.25, 0.3) is 0 Å². The maximum absolute atomic E-state index is 12.8. The Hall–Kier alpha value is -2.54. The lowest BCUT2D eigenvalue weighted by Crippen LogP contribution is -2.29. The molecule has 2 aromatic rings. The lowest BCUT2D eigenvalue weighted by atomic mass is 10.1. The maximum Gasteiger partial charge on any atom is 0.416 e. The van der Waals surface area contributed by atoms with Gasteiger partial charge < -0.3 is 15.4 Å². The molecule has 1 atom stereocenters. The van der Waals surface area contributed by atoms with Gasteiger partial charge in [-0.05, 0) is 55.3 Å². The number of nitrogens with two attached hydrogens (primary N) is 1. The van der Waals surface area contributed by atoms with Crippen LogP contribution in [0.3, 0.4) is 0 Å². The van der Waals surface area contributed by atoms with E-state index in [1.165, 1.54) is 12.1 Å². The summed E-state index contributed by atoms with van der Waals surface area (Å²) in [6, 6.07) is 11.1. The second-order valence-corrected chi connectivity index (χ2v) is 6.30. The molecule has 1 fully saturated rings. The van der Waals surface area contributed by atoms with Gasteiger partial charge in [-0.3, -0.25) is 4.79 Å². The summed E-state index contributed by atoms with van der Waals surface area (Å²) >= 11 is 0. The molecule has 3 rings (SSSR count). The van der Waals surface area contributed by atoms with Crippen molar-refractivity contribution in [2.75, 3.05) is 19.6 Å². The first kappa shape index (κ1) is 18.3. The fraction of sp³-hybridized carbons (Fsp3) is 0.316. The number of nitrogens with zero attached hydrogens (tertiary/aromatic N) is 1. The van der Waals surface area contributed by atoms with E-state index in [2.05, 4.69) is 0 Å². The monoisotopic (exact) mass is 364 g/mol. The van der Waals surface area contributed by atoms with Crippen molar-refractivity contribution in [3.05, 3.63) is 59.7 Å². The standard InChI is InChI=1S/C19H19F3N2O2/c20-19(21,22)15-4-2-6-17(10-15)26-16-5-1-3-14(9-16)18(25)24-8-7-13(11-23)12-24/h1-6,9-10,13H,7-8,11-12,23H2/t13-/m1/s1. The van der Waals surface area contributed by atoms with Crippen molar-refractivity contribution in [3.63, 3.8) is 0 Å². The third kappa shape index (κ3) is 4.16. The van der Waals surface area contributed by atoms with Crippen LogP contribution in [0.2, 0.25) is 0 Å². The zero-order chi connectivity index (χ0) is 18.7. The zero-order valence-electron chi connectivity index (χ0n) is 14.0. The highest BCUT2D eigenvalue weighted by atomic mass is 19.4. The van der Waals surface area contributed by atoms with Crippen LogP contribution in [0, 0.1) is 5.92 Å². The van der Waals surface area contributed by atoms with Crippen LogP contribution in [0.4, 0.5) is 13.2 Å². The van der Waals surface area contributed by atoms with Gasteiger partial charge >= 0.3 is 6.18 Å². The smallest absolute Gasteiger partial charge is 0.416 e. The van der Waals surface area contributed by atoms with Gasteiger partial charge in [-0.2, -0.15) is 13.2 Å². The molecular weight excluding hydrogens is 345 g/mol. The summed E-state index contributed by atoms with van der Waals surface area (Å²) in [5.74, 6) is 0.553. The second kappa shape index (κ2) is 7.37. The van der Waals surface area contributed by atoms with Crippen molar-refractivity contribution in [1.29, 1.82) is 0 Å². The number of halogens is 3. The number of rotatable bonds is 4. The summed E-state index contributed by atoms with van der Waals surface area (Å²) in [5, 5.41) is 0. The van der Waals surface area contributed by atoms with E-state index in [1.54, 1.807) is 29.2 Å². The molecule has 0 radical (unpaired) electrons. The molecule has 1 heterocycles. The topological polar surface area (TPSA) is 55.6 Å². The van der Waals surface area contributed by atoms with Gasteiger partial charge in [0.1, 0.15) is 11.5 Å². The minimum Gasteiger partial charge on any atom is -0.457 e. The summed E-state index contributed by atoms with van der Waals surface area (Å²) in [4.78, 5) is 14.3. The molecule has 4 nitrogen and oxygen atoms in total. The first-order chi connectivity index (χ1) is 12.4. The minimum atomic E-state index is -4.44. The van der Waals surface area contributed by atoms with Crippen LogP contribution in [-0.4, -0.2) is 30.4 Å². The number of carbonyl (C=O) groups is 1. The normalized spacial score (nSPS) is 17.4. The van der Waals surface area contributed by atoms with E-state index in [4.69, 9.17) is 10.5 Å². The quantitative estimate of drug-likeness (QED) is 0.895.